The van der Waals surface area contributed by atoms with E-state index in [9.17, 15) is 24.8 Å². The van der Waals surface area contributed by atoms with Crippen molar-refractivity contribution in [3.05, 3.63) is 109 Å². The molecular weight excluding hydrogens is 542 g/mol. The van der Waals surface area contributed by atoms with Crippen LogP contribution < -0.4 is 20.6 Å². The first kappa shape index (κ1) is 27.9. The fourth-order valence-corrected chi connectivity index (χ4v) is 4.80. The molecule has 0 aliphatic rings. The maximum Gasteiger partial charge on any atom is 0.297 e. The number of nitro groups is 1. The van der Waals surface area contributed by atoms with Gasteiger partial charge in [0.2, 0.25) is 5.88 Å². The van der Waals surface area contributed by atoms with E-state index in [-0.39, 0.29) is 34.7 Å². The van der Waals surface area contributed by atoms with Gasteiger partial charge in [-0.05, 0) is 56.3 Å². The average Bonchev–Trinajstić information content (AvgIpc) is 3.20. The van der Waals surface area contributed by atoms with Crippen molar-refractivity contribution in [2.75, 3.05) is 13.7 Å². The number of methoxy groups -OCH3 is 1. The van der Waals surface area contributed by atoms with Gasteiger partial charge in [0.15, 0.2) is 5.69 Å². The number of fused-ring (bicyclic) bond motifs is 1. The molecule has 0 aliphatic heterocycles. The second kappa shape index (κ2) is 11.1. The van der Waals surface area contributed by atoms with Gasteiger partial charge in [-0.3, -0.25) is 24.4 Å². The minimum absolute atomic E-state index is 0.0735. The van der Waals surface area contributed by atoms with E-state index in [1.54, 1.807) is 49.8 Å². The Bertz CT molecular complexity index is 1990. The van der Waals surface area contributed by atoms with Crippen LogP contribution in [-0.2, 0) is 7.05 Å². The molecule has 0 saturated carbocycles. The number of nitro benzene ring substituents is 1. The Labute approximate surface area is 239 Å². The number of nitrogens with zero attached hydrogens (tertiary/aromatic N) is 5. The minimum Gasteiger partial charge on any atom is -0.497 e. The number of aromatic hydroxyl groups is 1. The molecule has 0 aliphatic carbocycles. The Balaban J connectivity index is 1.78. The van der Waals surface area contributed by atoms with Crippen molar-refractivity contribution in [1.82, 2.24) is 13.9 Å². The largest absolute Gasteiger partial charge is 0.497 e. The molecule has 3 aromatic carbocycles. The molecule has 214 valence electrons. The van der Waals surface area contributed by atoms with Gasteiger partial charge in [-0.2, -0.15) is 0 Å². The molecule has 12 nitrogen and oxygen atoms in total. The summed E-state index contributed by atoms with van der Waals surface area (Å²) in [5.41, 5.74) is -0.337. The lowest BCUT2D eigenvalue weighted by Gasteiger charge is -2.15. The number of rotatable bonds is 8. The van der Waals surface area contributed by atoms with E-state index >= 15 is 0 Å². The summed E-state index contributed by atoms with van der Waals surface area (Å²) >= 11 is 0. The van der Waals surface area contributed by atoms with Gasteiger partial charge in [0.25, 0.3) is 16.8 Å². The molecule has 0 bridgehead atoms. The zero-order valence-corrected chi connectivity index (χ0v) is 23.3. The highest BCUT2D eigenvalue weighted by molar-refractivity contribution is 6.03. The predicted octanol–water partition coefficient (Wildman–Crippen LogP) is 4.56. The van der Waals surface area contributed by atoms with Gasteiger partial charge in [-0.15, -0.1) is 0 Å². The quantitative estimate of drug-likeness (QED) is 0.164. The third kappa shape index (κ3) is 4.68. The van der Waals surface area contributed by atoms with Crippen molar-refractivity contribution >= 4 is 28.4 Å². The van der Waals surface area contributed by atoms with Gasteiger partial charge >= 0.3 is 0 Å². The maximum absolute atomic E-state index is 13.7. The SMILES string of the molecule is CCOc1ccc(-n2c(O)c(C=Nc3c(C)n(C)n(-c4ccccc4)c3=O)c3ccc(OC)cc3c2=O)c([N+](=O)[O-])c1. The summed E-state index contributed by atoms with van der Waals surface area (Å²) in [7, 11) is 3.17. The summed E-state index contributed by atoms with van der Waals surface area (Å²) in [5, 5.41) is 23.9. The van der Waals surface area contributed by atoms with Crippen LogP contribution >= 0.6 is 0 Å². The van der Waals surface area contributed by atoms with Crippen molar-refractivity contribution in [2.45, 2.75) is 13.8 Å². The summed E-state index contributed by atoms with van der Waals surface area (Å²) in [6, 6.07) is 17.7. The number of hydrogen-bond donors (Lipinski definition) is 1. The van der Waals surface area contributed by atoms with Crippen molar-refractivity contribution < 1.29 is 19.5 Å². The standard InChI is InChI=1S/C30H27N5O7/c1-5-42-21-12-14-25(26(16-21)35(39)40)33-28(36)23-15-20(41-4)11-13-22(23)24(29(33)37)17-31-27-18(2)32(3)34(30(27)38)19-9-7-6-8-10-19/h6-17,37H,5H2,1-4H3. The van der Waals surface area contributed by atoms with Crippen LogP contribution in [-0.4, -0.2) is 43.9 Å². The molecule has 5 aromatic rings. The fraction of sp³-hybridized carbons (Fsp3) is 0.167. The van der Waals surface area contributed by atoms with Crippen molar-refractivity contribution in [2.24, 2.45) is 12.0 Å². The van der Waals surface area contributed by atoms with Gasteiger partial charge in [0, 0.05) is 18.6 Å². The Kier molecular flexibility index (Phi) is 7.36. The summed E-state index contributed by atoms with van der Waals surface area (Å²) in [6.45, 7) is 3.75. The molecule has 0 fully saturated rings. The van der Waals surface area contributed by atoms with E-state index in [1.165, 1.54) is 42.3 Å². The van der Waals surface area contributed by atoms with Crippen LogP contribution in [0.5, 0.6) is 17.4 Å². The Hall–Kier alpha value is -5.65. The Morgan fingerprint density at radius 2 is 1.71 bits per heavy atom. The molecule has 5 rings (SSSR count). The van der Waals surface area contributed by atoms with Gasteiger partial charge in [-0.25, -0.2) is 14.2 Å². The van der Waals surface area contributed by atoms with Gasteiger partial charge in [0.1, 0.15) is 17.2 Å². The van der Waals surface area contributed by atoms with Gasteiger partial charge in [-0.1, -0.05) is 18.2 Å². The number of ether oxygens (including phenoxy) is 2. The van der Waals surface area contributed by atoms with Crippen LogP contribution in [0.25, 0.3) is 22.1 Å². The number of aliphatic imine (C=N–C) groups is 1. The second-order valence-electron chi connectivity index (χ2n) is 9.30. The van der Waals surface area contributed by atoms with E-state index in [1.807, 2.05) is 18.2 Å². The number of aromatic nitrogens is 3. The van der Waals surface area contributed by atoms with Crippen LogP contribution in [0.2, 0.25) is 0 Å². The first-order chi connectivity index (χ1) is 20.2. The lowest BCUT2D eigenvalue weighted by atomic mass is 10.1. The van der Waals surface area contributed by atoms with Crippen LogP contribution in [0.15, 0.2) is 81.3 Å². The first-order valence-corrected chi connectivity index (χ1v) is 12.9. The Morgan fingerprint density at radius 3 is 2.38 bits per heavy atom. The molecule has 0 atom stereocenters. The molecule has 12 heteroatoms. The smallest absolute Gasteiger partial charge is 0.297 e. The van der Waals surface area contributed by atoms with Gasteiger partial charge in [0.05, 0.1) is 47.0 Å². The highest BCUT2D eigenvalue weighted by Gasteiger charge is 2.24. The van der Waals surface area contributed by atoms with Crippen LogP contribution in [0.3, 0.4) is 0 Å². The lowest BCUT2D eigenvalue weighted by Crippen LogP contribution is -2.21. The molecule has 0 unspecified atom stereocenters. The predicted molar refractivity (Wildman–Crippen MR) is 159 cm³/mol. The van der Waals surface area contributed by atoms with E-state index in [2.05, 4.69) is 4.99 Å². The van der Waals surface area contributed by atoms with Crippen molar-refractivity contribution in [1.29, 1.82) is 0 Å². The summed E-state index contributed by atoms with van der Waals surface area (Å²) in [5.74, 6) is 0.00944. The second-order valence-corrected chi connectivity index (χ2v) is 9.30. The minimum atomic E-state index is -0.715. The summed E-state index contributed by atoms with van der Waals surface area (Å²) in [4.78, 5) is 43.0. The van der Waals surface area contributed by atoms with E-state index < -0.39 is 27.6 Å². The molecule has 0 spiro atoms. The van der Waals surface area contributed by atoms with E-state index in [0.29, 0.717) is 22.5 Å². The molecule has 0 radical (unpaired) electrons. The molecule has 2 aromatic heterocycles. The van der Waals surface area contributed by atoms with Crippen molar-refractivity contribution in [3.63, 3.8) is 0 Å². The maximum atomic E-state index is 13.7. The van der Waals surface area contributed by atoms with Crippen LogP contribution in [0.4, 0.5) is 11.4 Å². The highest BCUT2D eigenvalue weighted by Crippen LogP contribution is 2.34. The molecular formula is C30H27N5O7. The normalized spacial score (nSPS) is 11.3. The lowest BCUT2D eigenvalue weighted by molar-refractivity contribution is -0.384. The van der Waals surface area contributed by atoms with Crippen LogP contribution in [0, 0.1) is 17.0 Å². The molecule has 0 saturated heterocycles. The summed E-state index contributed by atoms with van der Waals surface area (Å²) in [6.07, 6.45) is 1.28. The monoisotopic (exact) mass is 569 g/mol. The molecule has 42 heavy (non-hydrogen) atoms. The van der Waals surface area contributed by atoms with Crippen LogP contribution in [0.1, 0.15) is 18.2 Å². The third-order valence-corrected chi connectivity index (χ3v) is 6.95. The average molecular weight is 570 g/mol. The molecule has 1 N–H and O–H groups in total. The topological polar surface area (TPSA) is 143 Å². The van der Waals surface area contributed by atoms with E-state index in [0.717, 1.165) is 4.57 Å². The number of pyridine rings is 1. The number of hydrogen-bond acceptors (Lipinski definition) is 8. The third-order valence-electron chi connectivity index (χ3n) is 6.95. The molecule has 0 amide bonds. The fourth-order valence-electron chi connectivity index (χ4n) is 4.80. The number of benzene rings is 3. The highest BCUT2D eigenvalue weighted by atomic mass is 16.6. The molecule has 2 heterocycles. The zero-order chi connectivity index (χ0) is 30.1. The first-order valence-electron chi connectivity index (χ1n) is 12.9. The van der Waals surface area contributed by atoms with E-state index in [4.69, 9.17) is 9.47 Å². The van der Waals surface area contributed by atoms with Gasteiger partial charge < -0.3 is 14.6 Å². The zero-order valence-electron chi connectivity index (χ0n) is 23.3. The number of para-hydroxylation sites is 1. The Morgan fingerprint density at radius 1 is 1.00 bits per heavy atom. The summed E-state index contributed by atoms with van der Waals surface area (Å²) < 4.78 is 14.7. The van der Waals surface area contributed by atoms with Crippen molar-refractivity contribution in [3.8, 4) is 28.8 Å².